The summed E-state index contributed by atoms with van der Waals surface area (Å²) in [6, 6.07) is 4.71. The first kappa shape index (κ1) is 12.6. The average molecular weight is 225 g/mol. The molecule has 0 saturated carbocycles. The lowest BCUT2D eigenvalue weighted by molar-refractivity contribution is -0.125. The topological polar surface area (TPSA) is 38.3 Å². The van der Waals surface area contributed by atoms with E-state index in [9.17, 15) is 9.18 Å². The first-order valence-electron chi connectivity index (χ1n) is 5.09. The van der Waals surface area contributed by atoms with Crippen molar-refractivity contribution >= 4 is 5.91 Å². The van der Waals surface area contributed by atoms with Gasteiger partial charge in [-0.3, -0.25) is 4.79 Å². The Balaban J connectivity index is 2.69. The van der Waals surface area contributed by atoms with Crippen molar-refractivity contribution in [3.63, 3.8) is 0 Å². The Morgan fingerprint density at radius 3 is 2.81 bits per heavy atom. The molecule has 0 aliphatic rings. The summed E-state index contributed by atoms with van der Waals surface area (Å²) in [4.78, 5) is 11.2. The van der Waals surface area contributed by atoms with Crippen molar-refractivity contribution in [3.05, 3.63) is 35.1 Å². The van der Waals surface area contributed by atoms with Crippen LogP contribution < -0.4 is 5.32 Å². The van der Waals surface area contributed by atoms with E-state index >= 15 is 0 Å². The highest BCUT2D eigenvalue weighted by Crippen LogP contribution is 2.15. The van der Waals surface area contributed by atoms with Crippen LogP contribution in [0.25, 0.3) is 0 Å². The van der Waals surface area contributed by atoms with Crippen LogP contribution in [0.3, 0.4) is 0 Å². The van der Waals surface area contributed by atoms with E-state index in [-0.39, 0.29) is 24.4 Å². The molecule has 0 aliphatic heterocycles. The van der Waals surface area contributed by atoms with E-state index in [0.717, 1.165) is 5.56 Å². The third kappa shape index (κ3) is 3.31. The number of hydrogen-bond acceptors (Lipinski definition) is 2. The van der Waals surface area contributed by atoms with Gasteiger partial charge in [0.25, 0.3) is 0 Å². The fraction of sp³-hybridized carbons (Fsp3) is 0.417. The summed E-state index contributed by atoms with van der Waals surface area (Å²) in [6.07, 6.45) is 0. The Labute approximate surface area is 94.6 Å². The maximum atomic E-state index is 13.3. The van der Waals surface area contributed by atoms with Gasteiger partial charge in [0.1, 0.15) is 12.4 Å². The summed E-state index contributed by atoms with van der Waals surface area (Å²) in [5.41, 5.74) is 1.34. The van der Waals surface area contributed by atoms with Gasteiger partial charge in [-0.1, -0.05) is 12.1 Å². The molecular formula is C12H16FNO2. The third-order valence-corrected chi connectivity index (χ3v) is 2.35. The lowest BCUT2D eigenvalue weighted by Crippen LogP contribution is -2.29. The second-order valence-electron chi connectivity index (χ2n) is 3.73. The Bertz CT molecular complexity index is 379. The van der Waals surface area contributed by atoms with Gasteiger partial charge in [-0.25, -0.2) is 4.39 Å². The molecule has 0 aromatic heterocycles. The molecule has 88 valence electrons. The molecule has 3 nitrogen and oxygen atoms in total. The van der Waals surface area contributed by atoms with Crippen LogP contribution >= 0.6 is 0 Å². The molecule has 1 unspecified atom stereocenters. The number of amides is 1. The van der Waals surface area contributed by atoms with E-state index in [1.54, 1.807) is 26.0 Å². The van der Waals surface area contributed by atoms with E-state index in [1.807, 2.05) is 0 Å². The Morgan fingerprint density at radius 2 is 2.25 bits per heavy atom. The summed E-state index contributed by atoms with van der Waals surface area (Å²) >= 11 is 0. The number of carbonyl (C=O) groups excluding carboxylic acids is 1. The summed E-state index contributed by atoms with van der Waals surface area (Å²) < 4.78 is 18.0. The molecule has 1 amide bonds. The van der Waals surface area contributed by atoms with Crippen LogP contribution in [0, 0.1) is 12.7 Å². The highest BCUT2D eigenvalue weighted by atomic mass is 19.1. The summed E-state index contributed by atoms with van der Waals surface area (Å²) in [7, 11) is 1.45. The molecule has 0 bridgehead atoms. The highest BCUT2D eigenvalue weighted by molar-refractivity contribution is 5.77. The van der Waals surface area contributed by atoms with Gasteiger partial charge in [0.2, 0.25) is 5.91 Å². The third-order valence-electron chi connectivity index (χ3n) is 2.35. The first-order valence-corrected chi connectivity index (χ1v) is 5.09. The second kappa shape index (κ2) is 5.61. The van der Waals surface area contributed by atoms with Gasteiger partial charge in [-0.05, 0) is 31.0 Å². The molecule has 0 radical (unpaired) electrons. The van der Waals surface area contributed by atoms with E-state index in [2.05, 4.69) is 5.32 Å². The van der Waals surface area contributed by atoms with Crippen LogP contribution in [-0.4, -0.2) is 19.6 Å². The van der Waals surface area contributed by atoms with Crippen molar-refractivity contribution in [2.24, 2.45) is 0 Å². The fourth-order valence-corrected chi connectivity index (χ4v) is 1.38. The van der Waals surface area contributed by atoms with Crippen LogP contribution in [0.5, 0.6) is 0 Å². The lowest BCUT2D eigenvalue weighted by atomic mass is 10.1. The number of halogens is 1. The zero-order chi connectivity index (χ0) is 12.1. The molecule has 0 spiro atoms. The van der Waals surface area contributed by atoms with Gasteiger partial charge in [-0.2, -0.15) is 0 Å². The van der Waals surface area contributed by atoms with Gasteiger partial charge in [0.05, 0.1) is 6.04 Å². The standard InChI is InChI=1S/C12H16FNO2/c1-8-4-5-10(6-11(8)13)9(2)14-12(15)7-16-3/h4-6,9H,7H2,1-3H3,(H,14,15). The highest BCUT2D eigenvalue weighted by Gasteiger charge is 2.10. The quantitative estimate of drug-likeness (QED) is 0.850. The van der Waals surface area contributed by atoms with Crippen LogP contribution in [0.2, 0.25) is 0 Å². The minimum atomic E-state index is -0.259. The SMILES string of the molecule is COCC(=O)NC(C)c1ccc(C)c(F)c1. The maximum absolute atomic E-state index is 13.3. The fourth-order valence-electron chi connectivity index (χ4n) is 1.38. The van der Waals surface area contributed by atoms with E-state index in [4.69, 9.17) is 4.74 Å². The van der Waals surface area contributed by atoms with Crippen molar-refractivity contribution in [3.8, 4) is 0 Å². The molecule has 1 rings (SSSR count). The van der Waals surface area contributed by atoms with Crippen LogP contribution in [0.15, 0.2) is 18.2 Å². The van der Waals surface area contributed by atoms with Crippen molar-refractivity contribution < 1.29 is 13.9 Å². The van der Waals surface area contributed by atoms with Crippen LogP contribution in [0.4, 0.5) is 4.39 Å². The van der Waals surface area contributed by atoms with Crippen LogP contribution in [-0.2, 0) is 9.53 Å². The van der Waals surface area contributed by atoms with Gasteiger partial charge in [0, 0.05) is 7.11 Å². The molecule has 1 N–H and O–H groups in total. The number of aryl methyl sites for hydroxylation is 1. The molecular weight excluding hydrogens is 209 g/mol. The summed E-state index contributed by atoms with van der Waals surface area (Å²) in [5, 5.41) is 2.71. The number of methoxy groups -OCH3 is 1. The molecule has 1 atom stereocenters. The van der Waals surface area contributed by atoms with Gasteiger partial charge in [0.15, 0.2) is 0 Å². The average Bonchev–Trinajstić information content (AvgIpc) is 2.22. The Hall–Kier alpha value is -1.42. The minimum absolute atomic E-state index is 0.0126. The maximum Gasteiger partial charge on any atom is 0.246 e. The number of hydrogen-bond donors (Lipinski definition) is 1. The molecule has 0 saturated heterocycles. The number of ether oxygens (including phenoxy) is 1. The zero-order valence-electron chi connectivity index (χ0n) is 9.71. The molecule has 1 aromatic rings. The van der Waals surface area contributed by atoms with Crippen LogP contribution in [0.1, 0.15) is 24.1 Å². The number of benzene rings is 1. The minimum Gasteiger partial charge on any atom is -0.375 e. The van der Waals surface area contributed by atoms with Crippen molar-refractivity contribution in [1.29, 1.82) is 0 Å². The van der Waals surface area contributed by atoms with E-state index in [1.165, 1.54) is 13.2 Å². The molecule has 1 aromatic carbocycles. The second-order valence-corrected chi connectivity index (χ2v) is 3.73. The van der Waals surface area contributed by atoms with Gasteiger partial charge >= 0.3 is 0 Å². The Morgan fingerprint density at radius 1 is 1.56 bits per heavy atom. The van der Waals surface area contributed by atoms with Crippen molar-refractivity contribution in [1.82, 2.24) is 5.32 Å². The molecule has 0 fully saturated rings. The lowest BCUT2D eigenvalue weighted by Gasteiger charge is -2.14. The predicted molar refractivity (Wildman–Crippen MR) is 59.6 cm³/mol. The van der Waals surface area contributed by atoms with E-state index in [0.29, 0.717) is 5.56 Å². The van der Waals surface area contributed by atoms with Gasteiger partial charge < -0.3 is 10.1 Å². The van der Waals surface area contributed by atoms with E-state index < -0.39 is 0 Å². The Kier molecular flexibility index (Phi) is 4.43. The summed E-state index contributed by atoms with van der Waals surface area (Å²) in [5.74, 6) is -0.471. The molecule has 0 heterocycles. The zero-order valence-corrected chi connectivity index (χ0v) is 9.71. The monoisotopic (exact) mass is 225 g/mol. The number of nitrogens with one attached hydrogen (secondary N) is 1. The smallest absolute Gasteiger partial charge is 0.246 e. The normalized spacial score (nSPS) is 12.2. The molecule has 4 heteroatoms. The summed E-state index contributed by atoms with van der Waals surface area (Å²) in [6.45, 7) is 3.52. The molecule has 16 heavy (non-hydrogen) atoms. The van der Waals surface area contributed by atoms with Crippen molar-refractivity contribution in [2.75, 3.05) is 13.7 Å². The predicted octanol–water partition coefficient (Wildman–Crippen LogP) is 1.96. The van der Waals surface area contributed by atoms with Crippen molar-refractivity contribution in [2.45, 2.75) is 19.9 Å². The first-order chi connectivity index (χ1) is 7.54. The van der Waals surface area contributed by atoms with Gasteiger partial charge in [-0.15, -0.1) is 0 Å². The molecule has 0 aliphatic carbocycles. The number of rotatable bonds is 4. The number of carbonyl (C=O) groups is 1. The largest absolute Gasteiger partial charge is 0.375 e.